The SMILES string of the molecule is CCc1cc2cc(OC)ccc2nc1SCC(=O)NNC(C)=O. The molecule has 0 bridgehead atoms. The highest BCUT2D eigenvalue weighted by molar-refractivity contribution is 7.99. The van der Waals surface area contributed by atoms with E-state index in [0.29, 0.717) is 0 Å². The Kier molecular flexibility index (Phi) is 5.81. The minimum Gasteiger partial charge on any atom is -0.497 e. The maximum absolute atomic E-state index is 11.7. The zero-order valence-corrected chi connectivity index (χ0v) is 14.1. The van der Waals surface area contributed by atoms with E-state index in [1.165, 1.54) is 18.7 Å². The van der Waals surface area contributed by atoms with Crippen molar-refractivity contribution in [3.05, 3.63) is 29.8 Å². The number of thioether (sulfide) groups is 1. The molecule has 0 saturated heterocycles. The van der Waals surface area contributed by atoms with E-state index in [-0.39, 0.29) is 17.6 Å². The first-order chi connectivity index (χ1) is 11.0. The topological polar surface area (TPSA) is 80.3 Å². The summed E-state index contributed by atoms with van der Waals surface area (Å²) in [6.07, 6.45) is 0.815. The number of hydrogen-bond acceptors (Lipinski definition) is 5. The van der Waals surface area contributed by atoms with Crippen LogP contribution in [-0.2, 0) is 16.0 Å². The van der Waals surface area contributed by atoms with Crippen molar-refractivity contribution in [3.63, 3.8) is 0 Å². The molecule has 122 valence electrons. The van der Waals surface area contributed by atoms with Crippen molar-refractivity contribution in [3.8, 4) is 5.75 Å². The van der Waals surface area contributed by atoms with Gasteiger partial charge in [-0.25, -0.2) is 4.98 Å². The van der Waals surface area contributed by atoms with Crippen LogP contribution in [0.4, 0.5) is 0 Å². The number of methoxy groups -OCH3 is 1. The molecule has 2 rings (SSSR count). The van der Waals surface area contributed by atoms with Crippen molar-refractivity contribution in [2.24, 2.45) is 0 Å². The van der Waals surface area contributed by atoms with E-state index in [2.05, 4.69) is 21.9 Å². The van der Waals surface area contributed by atoms with Crippen LogP contribution >= 0.6 is 11.8 Å². The molecule has 0 unspecified atom stereocenters. The van der Waals surface area contributed by atoms with E-state index in [9.17, 15) is 9.59 Å². The molecule has 0 radical (unpaired) electrons. The summed E-state index contributed by atoms with van der Waals surface area (Å²) in [6.45, 7) is 3.38. The summed E-state index contributed by atoms with van der Waals surface area (Å²) in [4.78, 5) is 27.1. The van der Waals surface area contributed by atoms with Crippen molar-refractivity contribution in [2.75, 3.05) is 12.9 Å². The maximum atomic E-state index is 11.7. The molecule has 2 N–H and O–H groups in total. The first-order valence-electron chi connectivity index (χ1n) is 7.19. The second-order valence-corrected chi connectivity index (χ2v) is 5.85. The molecule has 0 aliphatic carbocycles. The van der Waals surface area contributed by atoms with Gasteiger partial charge in [0.25, 0.3) is 0 Å². The van der Waals surface area contributed by atoms with Crippen LogP contribution in [0, 0.1) is 0 Å². The molecule has 7 heteroatoms. The number of rotatable bonds is 5. The molecule has 23 heavy (non-hydrogen) atoms. The number of nitrogens with zero attached hydrogens (tertiary/aromatic N) is 1. The Labute approximate surface area is 139 Å². The van der Waals surface area contributed by atoms with E-state index in [0.717, 1.165) is 33.7 Å². The lowest BCUT2D eigenvalue weighted by molar-refractivity contribution is -0.126. The van der Waals surface area contributed by atoms with Gasteiger partial charge in [-0.05, 0) is 36.2 Å². The van der Waals surface area contributed by atoms with Gasteiger partial charge in [0.1, 0.15) is 10.8 Å². The lowest BCUT2D eigenvalue weighted by Gasteiger charge is -2.10. The highest BCUT2D eigenvalue weighted by Gasteiger charge is 2.10. The number of ether oxygens (including phenoxy) is 1. The van der Waals surface area contributed by atoms with Gasteiger partial charge in [0.2, 0.25) is 11.8 Å². The number of carbonyl (C=O) groups is 2. The molecule has 1 aromatic carbocycles. The van der Waals surface area contributed by atoms with Crippen LogP contribution in [0.2, 0.25) is 0 Å². The first-order valence-corrected chi connectivity index (χ1v) is 8.18. The molecule has 2 aromatic rings. The van der Waals surface area contributed by atoms with Crippen molar-refractivity contribution in [1.82, 2.24) is 15.8 Å². The number of carbonyl (C=O) groups excluding carboxylic acids is 2. The van der Waals surface area contributed by atoms with Crippen LogP contribution in [0.3, 0.4) is 0 Å². The van der Waals surface area contributed by atoms with Crippen LogP contribution in [0.1, 0.15) is 19.4 Å². The van der Waals surface area contributed by atoms with E-state index in [1.54, 1.807) is 7.11 Å². The van der Waals surface area contributed by atoms with Gasteiger partial charge in [0, 0.05) is 12.3 Å². The average molecular weight is 333 g/mol. The molecular formula is C16H19N3O3S. The number of hydrogen-bond donors (Lipinski definition) is 2. The standard InChI is InChI=1S/C16H19N3O3S/c1-4-11-7-12-8-13(22-3)5-6-14(12)17-16(11)23-9-15(21)19-18-10(2)20/h5-8H,4,9H2,1-3H3,(H,18,20)(H,19,21). The molecule has 0 saturated carbocycles. The molecule has 0 spiro atoms. The second kappa shape index (κ2) is 7.82. The molecular weight excluding hydrogens is 314 g/mol. The van der Waals surface area contributed by atoms with Crippen molar-refractivity contribution >= 4 is 34.5 Å². The number of aryl methyl sites for hydroxylation is 1. The molecule has 6 nitrogen and oxygen atoms in total. The predicted octanol–water partition coefficient (Wildman–Crippen LogP) is 2.07. The molecule has 0 fully saturated rings. The van der Waals surface area contributed by atoms with Crippen molar-refractivity contribution in [2.45, 2.75) is 25.3 Å². The summed E-state index contributed by atoms with van der Waals surface area (Å²) in [5.74, 6) is 0.387. The largest absolute Gasteiger partial charge is 0.497 e. The van der Waals surface area contributed by atoms with Gasteiger partial charge in [-0.2, -0.15) is 0 Å². The van der Waals surface area contributed by atoms with Crippen LogP contribution in [-0.4, -0.2) is 29.7 Å². The fourth-order valence-electron chi connectivity index (χ4n) is 2.01. The number of hydrazine groups is 1. The zero-order valence-electron chi connectivity index (χ0n) is 13.3. The molecule has 1 heterocycles. The average Bonchev–Trinajstić information content (AvgIpc) is 2.56. The molecule has 0 atom stereocenters. The zero-order chi connectivity index (χ0) is 16.8. The summed E-state index contributed by atoms with van der Waals surface area (Å²) in [6, 6.07) is 7.77. The third kappa shape index (κ3) is 4.59. The van der Waals surface area contributed by atoms with E-state index in [4.69, 9.17) is 4.74 Å². The number of pyridine rings is 1. The van der Waals surface area contributed by atoms with Crippen LogP contribution in [0.15, 0.2) is 29.3 Å². The van der Waals surface area contributed by atoms with Gasteiger partial charge in [-0.3, -0.25) is 20.4 Å². The third-order valence-corrected chi connectivity index (χ3v) is 4.19. The van der Waals surface area contributed by atoms with E-state index < -0.39 is 0 Å². The van der Waals surface area contributed by atoms with Crippen molar-refractivity contribution in [1.29, 1.82) is 0 Å². The highest BCUT2D eigenvalue weighted by Crippen LogP contribution is 2.27. The van der Waals surface area contributed by atoms with Crippen LogP contribution in [0.5, 0.6) is 5.75 Å². The number of fused-ring (bicyclic) bond motifs is 1. The lowest BCUT2D eigenvalue weighted by Crippen LogP contribution is -2.41. The Hall–Kier alpha value is -2.28. The Morgan fingerprint density at radius 1 is 1.26 bits per heavy atom. The molecule has 2 amide bonds. The summed E-state index contributed by atoms with van der Waals surface area (Å²) >= 11 is 1.35. The monoisotopic (exact) mass is 333 g/mol. The second-order valence-electron chi connectivity index (χ2n) is 4.88. The first kappa shape index (κ1) is 17.1. The van der Waals surface area contributed by atoms with Gasteiger partial charge in [0.05, 0.1) is 18.4 Å². The van der Waals surface area contributed by atoms with E-state index >= 15 is 0 Å². The van der Waals surface area contributed by atoms with Gasteiger partial charge < -0.3 is 4.74 Å². The fraction of sp³-hybridized carbons (Fsp3) is 0.312. The number of aromatic nitrogens is 1. The molecule has 0 aliphatic rings. The molecule has 0 aliphatic heterocycles. The highest BCUT2D eigenvalue weighted by atomic mass is 32.2. The number of benzene rings is 1. The van der Waals surface area contributed by atoms with E-state index in [1.807, 2.05) is 25.1 Å². The summed E-state index contributed by atoms with van der Waals surface area (Å²) in [5.41, 5.74) is 6.53. The Bertz CT molecular complexity index is 734. The summed E-state index contributed by atoms with van der Waals surface area (Å²) < 4.78 is 5.23. The Morgan fingerprint density at radius 2 is 2.04 bits per heavy atom. The minimum absolute atomic E-state index is 0.182. The third-order valence-electron chi connectivity index (χ3n) is 3.16. The smallest absolute Gasteiger partial charge is 0.248 e. The van der Waals surface area contributed by atoms with Crippen molar-refractivity contribution < 1.29 is 14.3 Å². The van der Waals surface area contributed by atoms with Crippen LogP contribution < -0.4 is 15.6 Å². The van der Waals surface area contributed by atoms with Gasteiger partial charge >= 0.3 is 0 Å². The van der Waals surface area contributed by atoms with Crippen LogP contribution in [0.25, 0.3) is 10.9 Å². The van der Waals surface area contributed by atoms with Gasteiger partial charge in [-0.1, -0.05) is 18.7 Å². The number of amides is 2. The minimum atomic E-state index is -0.310. The van der Waals surface area contributed by atoms with Gasteiger partial charge in [0.15, 0.2) is 0 Å². The molecule has 1 aromatic heterocycles. The Balaban J connectivity index is 2.16. The quantitative estimate of drug-likeness (QED) is 0.647. The maximum Gasteiger partial charge on any atom is 0.248 e. The summed E-state index contributed by atoms with van der Waals surface area (Å²) in [7, 11) is 1.63. The van der Waals surface area contributed by atoms with Gasteiger partial charge in [-0.15, -0.1) is 0 Å². The fourth-order valence-corrected chi connectivity index (χ4v) is 2.91. The lowest BCUT2D eigenvalue weighted by atomic mass is 10.1. The predicted molar refractivity (Wildman–Crippen MR) is 90.4 cm³/mol. The number of nitrogens with one attached hydrogen (secondary N) is 2. The normalized spacial score (nSPS) is 10.4. The summed E-state index contributed by atoms with van der Waals surface area (Å²) in [5, 5.41) is 1.83. The Morgan fingerprint density at radius 3 is 2.70 bits per heavy atom.